The van der Waals surface area contributed by atoms with Crippen LogP contribution in [0.15, 0.2) is 145 Å². The minimum atomic E-state index is -0.133. The molecule has 0 saturated heterocycles. The largest absolute Gasteiger partial charge is 0.373 e. The summed E-state index contributed by atoms with van der Waals surface area (Å²) in [5, 5.41) is 6.31. The van der Waals surface area contributed by atoms with Crippen LogP contribution in [-0.4, -0.2) is 4.98 Å². The number of aromatic nitrogens is 1. The molecule has 5 aromatic rings. The van der Waals surface area contributed by atoms with Gasteiger partial charge in [-0.3, -0.25) is 4.98 Å². The fraction of sp³-hybridized carbons (Fsp3) is 0.132. The molecule has 1 aliphatic rings. The summed E-state index contributed by atoms with van der Waals surface area (Å²) in [6.07, 6.45) is 9.64. The van der Waals surface area contributed by atoms with E-state index in [1.54, 1.807) is 0 Å². The van der Waals surface area contributed by atoms with Gasteiger partial charge in [0.15, 0.2) is 0 Å². The maximum Gasteiger partial charge on any atom is 0.0943 e. The van der Waals surface area contributed by atoms with Crippen molar-refractivity contribution < 1.29 is 0 Å². The number of anilines is 1. The van der Waals surface area contributed by atoms with Gasteiger partial charge >= 0.3 is 0 Å². The summed E-state index contributed by atoms with van der Waals surface area (Å²) in [6, 6.07) is 40.8. The van der Waals surface area contributed by atoms with Crippen molar-refractivity contribution in [1.82, 2.24) is 4.98 Å². The summed E-state index contributed by atoms with van der Waals surface area (Å²) in [4.78, 5) is 5.32. The predicted octanol–water partition coefficient (Wildman–Crippen LogP) is 10.1. The second-order valence-electron chi connectivity index (χ2n) is 10.6. The topological polar surface area (TPSA) is 24.9 Å². The van der Waals surface area contributed by atoms with Crippen molar-refractivity contribution in [3.05, 3.63) is 162 Å². The van der Waals surface area contributed by atoms with Gasteiger partial charge in [0.1, 0.15) is 0 Å². The fourth-order valence-corrected chi connectivity index (χ4v) is 5.49. The summed E-state index contributed by atoms with van der Waals surface area (Å²) < 4.78 is 0. The van der Waals surface area contributed by atoms with Gasteiger partial charge in [-0.2, -0.15) is 0 Å². The fourth-order valence-electron chi connectivity index (χ4n) is 5.49. The van der Waals surface area contributed by atoms with Crippen LogP contribution in [0.5, 0.6) is 0 Å². The molecule has 0 fully saturated rings. The first-order valence-corrected chi connectivity index (χ1v) is 14.1. The zero-order valence-electron chi connectivity index (χ0n) is 23.1. The van der Waals surface area contributed by atoms with E-state index in [1.807, 2.05) is 0 Å². The van der Waals surface area contributed by atoms with Crippen LogP contribution in [0.2, 0.25) is 0 Å². The van der Waals surface area contributed by atoms with E-state index in [0.717, 1.165) is 29.1 Å². The van der Waals surface area contributed by atoms with Crippen molar-refractivity contribution in [2.24, 2.45) is 0 Å². The minimum Gasteiger partial charge on any atom is -0.373 e. The first-order valence-electron chi connectivity index (χ1n) is 14.1. The summed E-state index contributed by atoms with van der Waals surface area (Å²) in [5.41, 5.74) is 9.31. The maximum atomic E-state index is 5.32. The molecule has 1 atom stereocenters. The number of hydrogen-bond acceptors (Lipinski definition) is 2. The van der Waals surface area contributed by atoms with E-state index in [0.29, 0.717) is 5.92 Å². The van der Waals surface area contributed by atoms with Crippen LogP contribution in [0.4, 0.5) is 5.69 Å². The number of hydrogen-bond donors (Lipinski definition) is 1. The van der Waals surface area contributed by atoms with Gasteiger partial charge < -0.3 is 5.32 Å². The number of benzene rings is 4. The molecule has 0 radical (unpaired) electrons. The van der Waals surface area contributed by atoms with Gasteiger partial charge in [-0.1, -0.05) is 129 Å². The molecule has 196 valence electrons. The molecule has 6 rings (SSSR count). The Kier molecular flexibility index (Phi) is 7.41. The molecular formula is C38H34N2. The highest BCUT2D eigenvalue weighted by Crippen LogP contribution is 2.37. The lowest BCUT2D eigenvalue weighted by Gasteiger charge is -2.25. The lowest BCUT2D eigenvalue weighted by molar-refractivity contribution is 0.863. The Balaban J connectivity index is 1.50. The zero-order valence-corrected chi connectivity index (χ0v) is 23.1. The molecule has 1 N–H and O–H groups in total. The van der Waals surface area contributed by atoms with E-state index in [2.05, 4.69) is 159 Å². The Bertz CT molecular complexity index is 1700. The van der Waals surface area contributed by atoms with Gasteiger partial charge in [0.2, 0.25) is 0 Å². The zero-order chi connectivity index (χ0) is 27.3. The average Bonchev–Trinajstić information content (AvgIpc) is 3.26. The standard InChI is InChI=1S/C38H34N2/c1-27(2)28-23-25-31(26-24-28)39-38(35-19-8-4-7-17-33(35)29-13-5-3-6-14-29)37-22-12-21-36(40-37)34-20-11-16-30-15-9-10-18-32(30)34/h3-16,18-27,38-39H,17H2,1-2H3. The average molecular weight is 519 g/mol. The molecule has 1 heterocycles. The molecule has 4 aromatic carbocycles. The lowest BCUT2D eigenvalue weighted by atomic mass is 9.90. The van der Waals surface area contributed by atoms with E-state index < -0.39 is 0 Å². The van der Waals surface area contributed by atoms with E-state index in [-0.39, 0.29) is 6.04 Å². The summed E-state index contributed by atoms with van der Waals surface area (Å²) >= 11 is 0. The van der Waals surface area contributed by atoms with E-state index in [4.69, 9.17) is 4.98 Å². The van der Waals surface area contributed by atoms with E-state index in [9.17, 15) is 0 Å². The molecule has 2 heteroatoms. The molecule has 0 saturated carbocycles. The van der Waals surface area contributed by atoms with Crippen molar-refractivity contribution in [2.45, 2.75) is 32.2 Å². The minimum absolute atomic E-state index is 0.133. The Morgan fingerprint density at radius 3 is 2.27 bits per heavy atom. The second kappa shape index (κ2) is 11.6. The van der Waals surface area contributed by atoms with Crippen molar-refractivity contribution in [3.8, 4) is 11.3 Å². The van der Waals surface area contributed by atoms with Gasteiger partial charge in [-0.05, 0) is 69.6 Å². The lowest BCUT2D eigenvalue weighted by Crippen LogP contribution is -2.16. The second-order valence-corrected chi connectivity index (χ2v) is 10.6. The number of allylic oxidation sites excluding steroid dienone is 4. The van der Waals surface area contributed by atoms with E-state index in [1.165, 1.54) is 33.0 Å². The van der Waals surface area contributed by atoms with E-state index >= 15 is 0 Å². The van der Waals surface area contributed by atoms with Crippen molar-refractivity contribution >= 4 is 22.0 Å². The van der Waals surface area contributed by atoms with Crippen LogP contribution < -0.4 is 5.32 Å². The third kappa shape index (κ3) is 5.39. The molecule has 40 heavy (non-hydrogen) atoms. The van der Waals surface area contributed by atoms with Crippen LogP contribution in [-0.2, 0) is 0 Å². The third-order valence-electron chi connectivity index (χ3n) is 7.65. The number of fused-ring (bicyclic) bond motifs is 1. The Morgan fingerprint density at radius 1 is 0.700 bits per heavy atom. The maximum absolute atomic E-state index is 5.32. The highest BCUT2D eigenvalue weighted by Gasteiger charge is 2.22. The molecule has 0 aliphatic heterocycles. The molecule has 1 aliphatic carbocycles. The molecule has 1 aromatic heterocycles. The number of pyridine rings is 1. The molecule has 1 unspecified atom stereocenters. The SMILES string of the molecule is CC(C)c1ccc(NC(C2=C(c3ccccc3)CC=CC=C2)c2cccc(-c3cccc4ccccc34)n2)cc1. The quantitative estimate of drug-likeness (QED) is 0.232. The summed E-state index contributed by atoms with van der Waals surface area (Å²) in [7, 11) is 0. The van der Waals surface area contributed by atoms with Gasteiger partial charge in [0, 0.05) is 11.3 Å². The van der Waals surface area contributed by atoms with Crippen molar-refractivity contribution in [1.29, 1.82) is 0 Å². The highest BCUT2D eigenvalue weighted by atomic mass is 15.0. The number of rotatable bonds is 7. The highest BCUT2D eigenvalue weighted by molar-refractivity contribution is 5.95. The molecule has 0 amide bonds. The summed E-state index contributed by atoms with van der Waals surface area (Å²) in [6.45, 7) is 4.46. The smallest absolute Gasteiger partial charge is 0.0943 e. The van der Waals surface area contributed by atoms with Gasteiger partial charge in [-0.25, -0.2) is 0 Å². The van der Waals surface area contributed by atoms with Gasteiger partial charge in [0.05, 0.1) is 17.4 Å². The Hall–Kier alpha value is -4.69. The first kappa shape index (κ1) is 25.6. The number of nitrogens with zero attached hydrogens (tertiary/aromatic N) is 1. The van der Waals surface area contributed by atoms with Gasteiger partial charge in [0.25, 0.3) is 0 Å². The predicted molar refractivity (Wildman–Crippen MR) is 170 cm³/mol. The van der Waals surface area contributed by atoms with Crippen LogP contribution in [0.3, 0.4) is 0 Å². The monoisotopic (exact) mass is 518 g/mol. The molecule has 0 bridgehead atoms. The Morgan fingerprint density at radius 2 is 1.45 bits per heavy atom. The number of nitrogens with one attached hydrogen (secondary N) is 1. The van der Waals surface area contributed by atoms with Crippen LogP contribution in [0.25, 0.3) is 27.6 Å². The van der Waals surface area contributed by atoms with Crippen LogP contribution in [0, 0.1) is 0 Å². The summed E-state index contributed by atoms with van der Waals surface area (Å²) in [5.74, 6) is 0.493. The van der Waals surface area contributed by atoms with Crippen LogP contribution >= 0.6 is 0 Å². The first-order chi connectivity index (χ1) is 19.7. The molecule has 2 nitrogen and oxygen atoms in total. The normalized spacial score (nSPS) is 14.0. The Labute approximate surface area is 237 Å². The van der Waals surface area contributed by atoms with Crippen molar-refractivity contribution in [2.75, 3.05) is 5.32 Å². The molecule has 0 spiro atoms. The van der Waals surface area contributed by atoms with Crippen molar-refractivity contribution in [3.63, 3.8) is 0 Å². The molecular weight excluding hydrogens is 484 g/mol. The third-order valence-corrected chi connectivity index (χ3v) is 7.65. The van der Waals surface area contributed by atoms with Gasteiger partial charge in [-0.15, -0.1) is 0 Å². The van der Waals surface area contributed by atoms with Crippen LogP contribution in [0.1, 0.15) is 49.0 Å².